The van der Waals surface area contributed by atoms with E-state index in [9.17, 15) is 15.0 Å². The third-order valence-electron chi connectivity index (χ3n) is 9.16. The fourth-order valence-corrected chi connectivity index (χ4v) is 7.14. The summed E-state index contributed by atoms with van der Waals surface area (Å²) in [6.45, 7) is 8.59. The zero-order valence-electron chi connectivity index (χ0n) is 27.7. The Morgan fingerprint density at radius 1 is 1.02 bits per heavy atom. The highest BCUT2D eigenvalue weighted by Gasteiger charge is 2.35. The quantitative estimate of drug-likeness (QED) is 0.134. The van der Waals surface area contributed by atoms with Gasteiger partial charge in [0.05, 0.1) is 11.0 Å². The van der Waals surface area contributed by atoms with Gasteiger partial charge in [-0.15, -0.1) is 11.8 Å². The Bertz CT molecular complexity index is 1980. The lowest BCUT2D eigenvalue weighted by Crippen LogP contribution is -2.42. The molecule has 2 N–H and O–H groups in total. The van der Waals surface area contributed by atoms with Crippen molar-refractivity contribution in [3.63, 3.8) is 0 Å². The predicted octanol–water partition coefficient (Wildman–Crippen LogP) is 8.39. The van der Waals surface area contributed by atoms with Crippen LogP contribution < -0.4 is 14.2 Å². The molecule has 0 radical (unpaired) electrons. The minimum atomic E-state index is -0.866. The molecular weight excluding hydrogens is 648 g/mol. The summed E-state index contributed by atoms with van der Waals surface area (Å²) in [7, 11) is 1.96. The Kier molecular flexibility index (Phi) is 9.54. The highest BCUT2D eigenvalue weighted by molar-refractivity contribution is 8.00. The number of aromatic hydroxyl groups is 1. The van der Waals surface area contributed by atoms with E-state index < -0.39 is 16.8 Å². The fraction of sp³-hybridized carbons (Fsp3) is 0.316. The number of carboxylic acid groups (broad SMARTS) is 1. The van der Waals surface area contributed by atoms with E-state index in [0.29, 0.717) is 29.5 Å². The first-order valence-corrected chi connectivity index (χ1v) is 17.1. The summed E-state index contributed by atoms with van der Waals surface area (Å²) in [6, 6.07) is 20.5. The number of aryl methyl sites for hydroxylation is 1. The van der Waals surface area contributed by atoms with Gasteiger partial charge in [0.2, 0.25) is 0 Å². The molecule has 5 aromatic rings. The van der Waals surface area contributed by atoms with Crippen molar-refractivity contribution in [2.45, 2.75) is 69.3 Å². The molecule has 0 aliphatic carbocycles. The van der Waals surface area contributed by atoms with Crippen molar-refractivity contribution in [3.05, 3.63) is 105 Å². The number of thioether (sulfide) groups is 1. The van der Waals surface area contributed by atoms with Crippen LogP contribution in [0.15, 0.2) is 71.6 Å². The van der Waals surface area contributed by atoms with E-state index in [1.807, 2.05) is 87.0 Å². The average molecular weight is 687 g/mol. The second-order valence-electron chi connectivity index (χ2n) is 12.6. The van der Waals surface area contributed by atoms with Gasteiger partial charge in [-0.2, -0.15) is 0 Å². The van der Waals surface area contributed by atoms with Gasteiger partial charge in [-0.25, -0.2) is 4.98 Å². The molecule has 2 heterocycles. The van der Waals surface area contributed by atoms with E-state index in [1.165, 1.54) is 11.8 Å². The van der Waals surface area contributed by atoms with Gasteiger partial charge in [-0.05, 0) is 118 Å². The van der Waals surface area contributed by atoms with Crippen molar-refractivity contribution in [1.29, 1.82) is 0 Å². The highest BCUT2D eigenvalue weighted by Crippen LogP contribution is 2.43. The van der Waals surface area contributed by atoms with E-state index in [-0.39, 0.29) is 6.61 Å². The molecule has 6 rings (SSSR count). The standard InChI is InChI=1S/C38H39ClN2O6S/c1-22-23(2)36-30(24(3)35(22)42)16-17-38(4,47-36)21-46-28-12-15-31-32(19-28)41(5)34(40-31)20-45-27-10-6-25(7-11-27)18-33(37(43)44)48-29-13-8-26(39)9-14-29/h6-15,19,33,42H,16-18,20-21H2,1-5H3,(H,43,44). The molecule has 1 aromatic heterocycles. The van der Waals surface area contributed by atoms with Gasteiger partial charge in [-0.3, -0.25) is 4.79 Å². The third-order valence-corrected chi connectivity index (χ3v) is 10.6. The molecule has 0 fully saturated rings. The van der Waals surface area contributed by atoms with E-state index in [0.717, 1.165) is 73.9 Å². The molecule has 0 amide bonds. The normalized spacial score (nSPS) is 16.3. The lowest BCUT2D eigenvalue weighted by atomic mass is 9.87. The fourth-order valence-electron chi connectivity index (χ4n) is 6.01. The van der Waals surface area contributed by atoms with Crippen molar-refractivity contribution < 1.29 is 29.2 Å². The first-order valence-electron chi connectivity index (χ1n) is 15.9. The highest BCUT2D eigenvalue weighted by atomic mass is 35.5. The number of benzene rings is 4. The van der Waals surface area contributed by atoms with Crippen LogP contribution in [-0.4, -0.2) is 43.2 Å². The van der Waals surface area contributed by atoms with Gasteiger partial charge >= 0.3 is 5.97 Å². The van der Waals surface area contributed by atoms with Crippen molar-refractivity contribution in [1.82, 2.24) is 9.55 Å². The van der Waals surface area contributed by atoms with Crippen LogP contribution in [0.5, 0.6) is 23.0 Å². The lowest BCUT2D eigenvalue weighted by Gasteiger charge is -2.37. The number of aliphatic carboxylic acids is 1. The van der Waals surface area contributed by atoms with Crippen molar-refractivity contribution in [2.75, 3.05) is 6.61 Å². The van der Waals surface area contributed by atoms with Crippen LogP contribution in [0.4, 0.5) is 0 Å². The second kappa shape index (κ2) is 13.6. The molecule has 2 atom stereocenters. The maximum atomic E-state index is 11.9. The lowest BCUT2D eigenvalue weighted by molar-refractivity contribution is -0.136. The molecule has 10 heteroatoms. The molecule has 0 spiro atoms. The van der Waals surface area contributed by atoms with Gasteiger partial charge in [0.25, 0.3) is 0 Å². The van der Waals surface area contributed by atoms with Gasteiger partial charge in [-0.1, -0.05) is 23.7 Å². The summed E-state index contributed by atoms with van der Waals surface area (Å²) in [5.41, 5.74) is 5.96. The number of phenolic OH excluding ortho intramolecular Hbond substituents is 1. The minimum absolute atomic E-state index is 0.268. The Balaban J connectivity index is 1.07. The predicted molar refractivity (Wildman–Crippen MR) is 189 cm³/mol. The molecular formula is C38H39ClN2O6S. The monoisotopic (exact) mass is 686 g/mol. The summed E-state index contributed by atoms with van der Waals surface area (Å²) in [5.74, 6) is 2.52. The van der Waals surface area contributed by atoms with E-state index >= 15 is 0 Å². The van der Waals surface area contributed by atoms with Crippen molar-refractivity contribution in [3.8, 4) is 23.0 Å². The van der Waals surface area contributed by atoms with Crippen LogP contribution in [0.1, 0.15) is 47.0 Å². The summed E-state index contributed by atoms with van der Waals surface area (Å²) in [5, 5.41) is 20.3. The number of ether oxygens (including phenoxy) is 3. The molecule has 8 nitrogen and oxygen atoms in total. The number of hydrogen-bond acceptors (Lipinski definition) is 7. The molecule has 4 aromatic carbocycles. The Labute approximate surface area is 289 Å². The largest absolute Gasteiger partial charge is 0.507 e. The molecule has 1 aliphatic heterocycles. The smallest absolute Gasteiger partial charge is 0.317 e. The molecule has 1 aliphatic rings. The van der Waals surface area contributed by atoms with Gasteiger partial charge in [0.1, 0.15) is 52.9 Å². The molecule has 0 saturated heterocycles. The number of phenols is 1. The number of rotatable bonds is 11. The SMILES string of the molecule is Cc1c(C)c2c(c(C)c1O)CCC(C)(COc1ccc3nc(COc4ccc(CC(Sc5ccc(Cl)cc5)C(=O)O)cc4)n(C)c3c1)O2. The molecule has 48 heavy (non-hydrogen) atoms. The zero-order valence-corrected chi connectivity index (χ0v) is 29.2. The number of nitrogens with zero attached hydrogens (tertiary/aromatic N) is 2. The first-order chi connectivity index (χ1) is 22.9. The number of carbonyl (C=O) groups is 1. The third kappa shape index (κ3) is 7.08. The Morgan fingerprint density at radius 3 is 2.44 bits per heavy atom. The van der Waals surface area contributed by atoms with Crippen LogP contribution in [0, 0.1) is 20.8 Å². The average Bonchev–Trinajstić information content (AvgIpc) is 3.40. The Morgan fingerprint density at radius 2 is 1.73 bits per heavy atom. The molecule has 0 saturated carbocycles. The van der Waals surface area contributed by atoms with Crippen LogP contribution in [0.25, 0.3) is 11.0 Å². The van der Waals surface area contributed by atoms with Crippen LogP contribution in [0.3, 0.4) is 0 Å². The number of hydrogen-bond donors (Lipinski definition) is 2. The van der Waals surface area contributed by atoms with Crippen molar-refractivity contribution >= 4 is 40.4 Å². The van der Waals surface area contributed by atoms with Gasteiger partial charge in [0, 0.05) is 28.6 Å². The zero-order chi connectivity index (χ0) is 34.2. The Hall–Kier alpha value is -4.34. The topological polar surface area (TPSA) is 103 Å². The van der Waals surface area contributed by atoms with E-state index in [2.05, 4.69) is 6.92 Å². The molecule has 2 unspecified atom stereocenters. The second-order valence-corrected chi connectivity index (χ2v) is 14.4. The number of aromatic nitrogens is 2. The van der Waals surface area contributed by atoms with E-state index in [1.54, 1.807) is 12.1 Å². The van der Waals surface area contributed by atoms with Crippen molar-refractivity contribution in [2.24, 2.45) is 7.05 Å². The number of carboxylic acids is 1. The number of halogens is 1. The summed E-state index contributed by atoms with van der Waals surface area (Å²) in [6.07, 6.45) is 1.97. The maximum absolute atomic E-state index is 11.9. The number of fused-ring (bicyclic) bond motifs is 2. The maximum Gasteiger partial charge on any atom is 0.317 e. The summed E-state index contributed by atoms with van der Waals surface area (Å²) in [4.78, 5) is 17.6. The van der Waals surface area contributed by atoms with E-state index in [4.69, 9.17) is 30.8 Å². The minimum Gasteiger partial charge on any atom is -0.507 e. The number of imidazole rings is 1. The molecule has 250 valence electrons. The van der Waals surface area contributed by atoms with Crippen LogP contribution >= 0.6 is 23.4 Å². The van der Waals surface area contributed by atoms with Crippen LogP contribution in [-0.2, 0) is 31.3 Å². The van der Waals surface area contributed by atoms with Gasteiger partial charge < -0.3 is 29.0 Å². The molecule has 0 bridgehead atoms. The van der Waals surface area contributed by atoms with Gasteiger partial charge in [0.15, 0.2) is 0 Å². The van der Waals surface area contributed by atoms with Crippen LogP contribution in [0.2, 0.25) is 5.02 Å². The summed E-state index contributed by atoms with van der Waals surface area (Å²) < 4.78 is 20.9. The summed E-state index contributed by atoms with van der Waals surface area (Å²) >= 11 is 7.27. The first kappa shape index (κ1) is 33.6.